The van der Waals surface area contributed by atoms with Crippen LogP contribution in [-0.4, -0.2) is 28.2 Å². The van der Waals surface area contributed by atoms with Crippen LogP contribution in [0.4, 0.5) is 0 Å². The molecule has 0 aromatic heterocycles. The largest absolute Gasteiger partial charge is 0.460 e. The lowest BCUT2D eigenvalue weighted by molar-refractivity contribution is -0.166. The number of carbonyl (C=O) groups excluding carboxylic acids is 3. The summed E-state index contributed by atoms with van der Waals surface area (Å²) in [7, 11) is 0. The SMILES string of the molecule is CC(=O)C1(O)CC[C@H]2[C@@H]3CC(C(=O)OCc4ccccc4)C4=CC(=O)CC[C@]4(C)[C@H]3CC[C@@]21C. The third-order valence-corrected chi connectivity index (χ3v) is 10.2. The quantitative estimate of drug-likeness (QED) is 0.647. The second-order valence-electron chi connectivity index (χ2n) is 11.7. The van der Waals surface area contributed by atoms with E-state index in [1.165, 1.54) is 6.92 Å². The third-order valence-electron chi connectivity index (χ3n) is 10.2. The Morgan fingerprint density at radius 1 is 1.06 bits per heavy atom. The maximum Gasteiger partial charge on any atom is 0.313 e. The lowest BCUT2D eigenvalue weighted by atomic mass is 9.44. The number of carbonyl (C=O) groups is 3. The third kappa shape index (κ3) is 3.34. The van der Waals surface area contributed by atoms with Crippen molar-refractivity contribution in [1.82, 2.24) is 0 Å². The first-order valence-corrected chi connectivity index (χ1v) is 12.8. The number of fused-ring (bicyclic) bond motifs is 5. The fourth-order valence-electron chi connectivity index (χ4n) is 8.29. The van der Waals surface area contributed by atoms with E-state index >= 15 is 0 Å². The van der Waals surface area contributed by atoms with Gasteiger partial charge >= 0.3 is 5.97 Å². The van der Waals surface area contributed by atoms with Crippen molar-refractivity contribution in [2.75, 3.05) is 0 Å². The number of hydrogen-bond donors (Lipinski definition) is 1. The first-order chi connectivity index (χ1) is 16.1. The van der Waals surface area contributed by atoms with Crippen LogP contribution < -0.4 is 0 Å². The van der Waals surface area contributed by atoms with Gasteiger partial charge in [0.15, 0.2) is 11.6 Å². The molecule has 5 rings (SSSR count). The topological polar surface area (TPSA) is 80.7 Å². The van der Waals surface area contributed by atoms with Crippen LogP contribution in [0.1, 0.15) is 71.3 Å². The summed E-state index contributed by atoms with van der Waals surface area (Å²) in [6, 6.07) is 9.65. The summed E-state index contributed by atoms with van der Waals surface area (Å²) in [6.07, 6.45) is 6.62. The molecule has 3 saturated carbocycles. The Morgan fingerprint density at radius 3 is 2.47 bits per heavy atom. The van der Waals surface area contributed by atoms with E-state index in [1.807, 2.05) is 30.3 Å². The summed E-state index contributed by atoms with van der Waals surface area (Å²) < 4.78 is 5.80. The maximum absolute atomic E-state index is 13.5. The Morgan fingerprint density at radius 2 is 1.76 bits per heavy atom. The second-order valence-corrected chi connectivity index (χ2v) is 11.7. The zero-order valence-electron chi connectivity index (χ0n) is 20.5. The number of rotatable bonds is 4. The molecule has 4 aliphatic carbocycles. The Balaban J connectivity index is 1.48. The van der Waals surface area contributed by atoms with Crippen molar-refractivity contribution in [2.24, 2.45) is 34.5 Å². The van der Waals surface area contributed by atoms with Crippen molar-refractivity contribution in [3.8, 4) is 0 Å². The fourth-order valence-corrected chi connectivity index (χ4v) is 8.29. The van der Waals surface area contributed by atoms with E-state index in [9.17, 15) is 19.5 Å². The molecule has 1 N–H and O–H groups in total. The van der Waals surface area contributed by atoms with Crippen LogP contribution >= 0.6 is 0 Å². The van der Waals surface area contributed by atoms with Crippen molar-refractivity contribution in [3.05, 3.63) is 47.5 Å². The van der Waals surface area contributed by atoms with Crippen molar-refractivity contribution in [1.29, 1.82) is 0 Å². The summed E-state index contributed by atoms with van der Waals surface area (Å²) in [5, 5.41) is 11.4. The molecule has 0 saturated heterocycles. The summed E-state index contributed by atoms with van der Waals surface area (Å²) in [4.78, 5) is 38.5. The van der Waals surface area contributed by atoms with E-state index in [4.69, 9.17) is 4.74 Å². The number of benzene rings is 1. The van der Waals surface area contributed by atoms with Crippen LogP contribution in [0, 0.1) is 34.5 Å². The number of ketones is 2. The Hall–Kier alpha value is -2.27. The zero-order valence-corrected chi connectivity index (χ0v) is 20.5. The van der Waals surface area contributed by atoms with Gasteiger partial charge in [0.1, 0.15) is 12.2 Å². The van der Waals surface area contributed by atoms with E-state index in [0.29, 0.717) is 25.2 Å². The summed E-state index contributed by atoms with van der Waals surface area (Å²) in [6.45, 7) is 6.05. The normalized spacial score (nSPS) is 41.1. The highest BCUT2D eigenvalue weighted by Crippen LogP contribution is 2.68. The van der Waals surface area contributed by atoms with Crippen molar-refractivity contribution < 1.29 is 24.2 Å². The molecule has 2 unspecified atom stereocenters. The van der Waals surface area contributed by atoms with Gasteiger partial charge in [-0.1, -0.05) is 44.2 Å². The maximum atomic E-state index is 13.5. The number of aliphatic hydroxyl groups is 1. The molecule has 0 radical (unpaired) electrons. The van der Waals surface area contributed by atoms with E-state index < -0.39 is 16.9 Å². The van der Waals surface area contributed by atoms with Crippen LogP contribution in [0.25, 0.3) is 0 Å². The van der Waals surface area contributed by atoms with E-state index in [1.54, 1.807) is 6.08 Å². The highest BCUT2D eigenvalue weighted by Gasteiger charge is 2.66. The molecule has 1 aromatic carbocycles. The monoisotopic (exact) mass is 464 g/mol. The first kappa shape index (κ1) is 23.5. The van der Waals surface area contributed by atoms with Gasteiger partial charge in [0.2, 0.25) is 0 Å². The molecule has 0 aliphatic heterocycles. The van der Waals surface area contributed by atoms with Crippen molar-refractivity contribution in [3.63, 3.8) is 0 Å². The Kier molecular flexibility index (Phi) is 5.63. The predicted molar refractivity (Wildman–Crippen MR) is 127 cm³/mol. The van der Waals surface area contributed by atoms with Crippen LogP contribution in [0.15, 0.2) is 42.0 Å². The molecule has 0 amide bonds. The molecule has 34 heavy (non-hydrogen) atoms. The molecule has 4 aliphatic rings. The molecule has 7 atom stereocenters. The van der Waals surface area contributed by atoms with Gasteiger partial charge in [0.25, 0.3) is 0 Å². The summed E-state index contributed by atoms with van der Waals surface area (Å²) in [5.74, 6) is -0.0104. The predicted octanol–water partition coefficient (Wildman–Crippen LogP) is 4.81. The molecular formula is C29H36O5. The minimum atomic E-state index is -1.29. The van der Waals surface area contributed by atoms with Crippen LogP contribution in [0.3, 0.4) is 0 Å². The second kappa shape index (κ2) is 8.15. The summed E-state index contributed by atoms with van der Waals surface area (Å²) >= 11 is 0. The molecule has 0 spiro atoms. The summed E-state index contributed by atoms with van der Waals surface area (Å²) in [5.41, 5.74) is -0.0996. The number of ether oxygens (including phenoxy) is 1. The molecule has 3 fully saturated rings. The van der Waals surface area contributed by atoms with Gasteiger partial charge in [-0.25, -0.2) is 0 Å². The first-order valence-electron chi connectivity index (χ1n) is 12.8. The van der Waals surface area contributed by atoms with Crippen LogP contribution in [0.5, 0.6) is 0 Å². The molecule has 0 heterocycles. The van der Waals surface area contributed by atoms with Crippen molar-refractivity contribution in [2.45, 2.75) is 77.9 Å². The lowest BCUT2D eigenvalue weighted by Gasteiger charge is -2.60. The Bertz CT molecular complexity index is 1040. The highest BCUT2D eigenvalue weighted by atomic mass is 16.5. The zero-order chi connectivity index (χ0) is 24.3. The van der Waals surface area contributed by atoms with E-state index in [2.05, 4.69) is 13.8 Å². The van der Waals surface area contributed by atoms with Crippen molar-refractivity contribution >= 4 is 17.5 Å². The minimum Gasteiger partial charge on any atom is -0.460 e. The van der Waals surface area contributed by atoms with Gasteiger partial charge in [-0.15, -0.1) is 0 Å². The fraction of sp³-hybridized carbons (Fsp3) is 0.621. The standard InChI is InChI=1S/C29H36O5/c1-18(30)29(33)14-11-24-21-16-22(26(32)34-17-19-7-5-4-6-8-19)25-15-20(31)9-12-27(25,2)23(21)10-13-28(24,29)3/h4-8,15,21-24,33H,9-14,16-17H2,1-3H3/t21-,22?,23+,24+,27-,28+,29?/m1/s1. The van der Waals surface area contributed by atoms with Crippen LogP contribution in [0.2, 0.25) is 0 Å². The van der Waals surface area contributed by atoms with Gasteiger partial charge in [-0.3, -0.25) is 14.4 Å². The molecule has 5 heteroatoms. The number of esters is 1. The van der Waals surface area contributed by atoms with Crippen LogP contribution in [-0.2, 0) is 25.7 Å². The number of Topliss-reactive ketones (excluding diaryl/α,β-unsaturated/α-hetero) is 1. The minimum absolute atomic E-state index is 0.0965. The molecule has 1 aromatic rings. The molecular weight excluding hydrogens is 428 g/mol. The molecule has 0 bridgehead atoms. The average Bonchev–Trinajstić information content (AvgIpc) is 3.10. The van der Waals surface area contributed by atoms with Gasteiger partial charge in [-0.05, 0) is 85.8 Å². The van der Waals surface area contributed by atoms with Gasteiger partial charge in [0.05, 0.1) is 5.92 Å². The van der Waals surface area contributed by atoms with Gasteiger partial charge in [-0.2, -0.15) is 0 Å². The smallest absolute Gasteiger partial charge is 0.313 e. The average molecular weight is 465 g/mol. The molecule has 5 nitrogen and oxygen atoms in total. The van der Waals surface area contributed by atoms with E-state index in [-0.39, 0.29) is 41.4 Å². The Labute approximate surface area is 202 Å². The van der Waals surface area contributed by atoms with E-state index in [0.717, 1.165) is 36.8 Å². The van der Waals surface area contributed by atoms with Gasteiger partial charge in [0, 0.05) is 11.8 Å². The number of hydrogen-bond acceptors (Lipinski definition) is 5. The highest BCUT2D eigenvalue weighted by molar-refractivity contribution is 5.93. The lowest BCUT2D eigenvalue weighted by Crippen LogP contribution is -2.58. The molecule has 182 valence electrons. The van der Waals surface area contributed by atoms with Gasteiger partial charge < -0.3 is 9.84 Å².